The average molecular weight is 527 g/mol. The lowest BCUT2D eigenvalue weighted by atomic mass is 10.0. The van der Waals surface area contributed by atoms with E-state index in [1.165, 1.54) is 11.8 Å². The largest absolute Gasteiger partial charge is 0.339 e. The number of carbonyl (C=O) groups is 2. The highest BCUT2D eigenvalue weighted by Crippen LogP contribution is 2.20. The van der Waals surface area contributed by atoms with Crippen molar-refractivity contribution in [3.05, 3.63) is 81.6 Å². The van der Waals surface area contributed by atoms with Crippen molar-refractivity contribution in [3.8, 4) is 0 Å². The first-order valence-corrected chi connectivity index (χ1v) is 12.5. The van der Waals surface area contributed by atoms with Crippen LogP contribution in [0.5, 0.6) is 0 Å². The number of nitrogens with zero attached hydrogens (tertiary/aromatic N) is 2. The first-order valence-electron chi connectivity index (χ1n) is 10.8. The Bertz CT molecular complexity index is 1120. The number of aromatic nitrogens is 2. The number of nitrogens with one attached hydrogen (secondary N) is 2. The van der Waals surface area contributed by atoms with E-state index in [1.54, 1.807) is 6.20 Å². The van der Waals surface area contributed by atoms with Crippen LogP contribution in [0.1, 0.15) is 40.5 Å². The molecule has 0 radical (unpaired) electrons. The molecule has 1 heterocycles. The maximum absolute atomic E-state index is 13.2. The number of anilines is 1. The highest BCUT2D eigenvalue weighted by Gasteiger charge is 2.24. The minimum Gasteiger partial charge on any atom is -0.339 e. The van der Waals surface area contributed by atoms with Crippen LogP contribution >= 0.6 is 27.7 Å². The van der Waals surface area contributed by atoms with Gasteiger partial charge in [-0.25, -0.2) is 9.97 Å². The summed E-state index contributed by atoms with van der Waals surface area (Å²) in [5.74, 6) is 0.137. The average Bonchev–Trinajstić information content (AvgIpc) is 2.81. The van der Waals surface area contributed by atoms with Crippen LogP contribution < -0.4 is 10.6 Å². The zero-order valence-electron chi connectivity index (χ0n) is 18.9. The number of thioether (sulfide) groups is 1. The molecule has 2 aromatic carbocycles. The number of amides is 2. The Morgan fingerprint density at radius 1 is 1.09 bits per heavy atom. The Hall–Kier alpha value is -2.71. The summed E-state index contributed by atoms with van der Waals surface area (Å²) in [6.45, 7) is 6.09. The van der Waals surface area contributed by atoms with E-state index in [0.717, 1.165) is 28.9 Å². The van der Waals surface area contributed by atoms with Gasteiger partial charge in [0.2, 0.25) is 5.91 Å². The molecule has 2 amide bonds. The number of hydrogen-bond donors (Lipinski definition) is 2. The van der Waals surface area contributed by atoms with Crippen molar-refractivity contribution >= 4 is 45.2 Å². The Kier molecular flexibility index (Phi) is 9.03. The summed E-state index contributed by atoms with van der Waals surface area (Å²) in [5.41, 5.74) is 4.07. The maximum Gasteiger partial charge on any atom is 0.271 e. The molecule has 33 heavy (non-hydrogen) atoms. The van der Waals surface area contributed by atoms with Gasteiger partial charge in [0.1, 0.15) is 11.7 Å². The van der Waals surface area contributed by atoms with Gasteiger partial charge in [0.05, 0.1) is 4.47 Å². The summed E-state index contributed by atoms with van der Waals surface area (Å²) < 4.78 is 0.480. The van der Waals surface area contributed by atoms with Crippen molar-refractivity contribution in [2.24, 2.45) is 0 Å². The first kappa shape index (κ1) is 24.9. The van der Waals surface area contributed by atoms with E-state index in [-0.39, 0.29) is 11.6 Å². The highest BCUT2D eigenvalue weighted by molar-refractivity contribution is 9.10. The second-order valence-corrected chi connectivity index (χ2v) is 9.62. The smallest absolute Gasteiger partial charge is 0.271 e. The van der Waals surface area contributed by atoms with Crippen molar-refractivity contribution in [1.82, 2.24) is 15.3 Å². The highest BCUT2D eigenvalue weighted by atomic mass is 79.9. The molecule has 0 aliphatic rings. The van der Waals surface area contributed by atoms with Gasteiger partial charge in [0.25, 0.3) is 5.91 Å². The Morgan fingerprint density at radius 2 is 1.85 bits per heavy atom. The van der Waals surface area contributed by atoms with Crippen LogP contribution in [0.25, 0.3) is 0 Å². The molecule has 0 spiro atoms. The third-order valence-electron chi connectivity index (χ3n) is 5.05. The van der Waals surface area contributed by atoms with Crippen LogP contribution in [0.15, 0.2) is 64.4 Å². The van der Waals surface area contributed by atoms with Crippen molar-refractivity contribution < 1.29 is 9.59 Å². The lowest BCUT2D eigenvalue weighted by Gasteiger charge is -2.19. The van der Waals surface area contributed by atoms with Crippen molar-refractivity contribution in [2.45, 2.75) is 44.8 Å². The molecule has 6 nitrogen and oxygen atoms in total. The van der Waals surface area contributed by atoms with E-state index in [0.29, 0.717) is 21.7 Å². The predicted octanol–water partition coefficient (Wildman–Crippen LogP) is 5.34. The fourth-order valence-corrected chi connectivity index (χ4v) is 4.15. The van der Waals surface area contributed by atoms with E-state index < -0.39 is 11.9 Å². The molecular formula is C25H27BrN4O2S. The SMILES string of the molecule is CCCSc1ncc(Br)c(C(=O)NC(Cc2ccccc2)C(=O)Nc2ccc(C)c(C)c2)n1. The molecular weight excluding hydrogens is 500 g/mol. The lowest BCUT2D eigenvalue weighted by molar-refractivity contribution is -0.118. The molecule has 0 saturated heterocycles. The zero-order valence-corrected chi connectivity index (χ0v) is 21.3. The third kappa shape index (κ3) is 7.14. The monoisotopic (exact) mass is 526 g/mol. The van der Waals surface area contributed by atoms with Gasteiger partial charge in [0.15, 0.2) is 5.16 Å². The van der Waals surface area contributed by atoms with Crippen molar-refractivity contribution in [3.63, 3.8) is 0 Å². The summed E-state index contributed by atoms with van der Waals surface area (Å²) in [7, 11) is 0. The van der Waals surface area contributed by atoms with E-state index in [4.69, 9.17) is 0 Å². The van der Waals surface area contributed by atoms with Crippen LogP contribution in [-0.4, -0.2) is 33.6 Å². The number of aryl methyl sites for hydroxylation is 2. The number of hydrogen-bond acceptors (Lipinski definition) is 5. The fourth-order valence-electron chi connectivity index (χ4n) is 3.11. The van der Waals surface area contributed by atoms with Crippen LogP contribution in [0.4, 0.5) is 5.69 Å². The summed E-state index contributed by atoms with van der Waals surface area (Å²) in [4.78, 5) is 35.0. The quantitative estimate of drug-likeness (QED) is 0.290. The van der Waals surface area contributed by atoms with Crippen LogP contribution in [0, 0.1) is 13.8 Å². The van der Waals surface area contributed by atoms with Crippen molar-refractivity contribution in [2.75, 3.05) is 11.1 Å². The Labute approximate surface area is 207 Å². The molecule has 0 aliphatic heterocycles. The zero-order chi connectivity index (χ0) is 23.8. The molecule has 1 atom stereocenters. The van der Waals surface area contributed by atoms with Gasteiger partial charge in [-0.2, -0.15) is 0 Å². The molecule has 8 heteroatoms. The third-order valence-corrected chi connectivity index (χ3v) is 6.70. The van der Waals surface area contributed by atoms with Crippen molar-refractivity contribution in [1.29, 1.82) is 0 Å². The van der Waals surface area contributed by atoms with E-state index in [2.05, 4.69) is 43.5 Å². The maximum atomic E-state index is 13.2. The van der Waals surface area contributed by atoms with Crippen LogP contribution in [0.2, 0.25) is 0 Å². The first-order chi connectivity index (χ1) is 15.9. The minimum atomic E-state index is -0.782. The van der Waals surface area contributed by atoms with Gasteiger partial charge in [-0.3, -0.25) is 9.59 Å². The van der Waals surface area contributed by atoms with Gasteiger partial charge in [0, 0.05) is 24.1 Å². The molecule has 0 fully saturated rings. The second-order valence-electron chi connectivity index (χ2n) is 7.70. The molecule has 1 unspecified atom stereocenters. The summed E-state index contributed by atoms with van der Waals surface area (Å²) in [6.07, 6.45) is 2.90. The normalized spacial score (nSPS) is 11.6. The molecule has 172 valence electrons. The number of rotatable bonds is 9. The van der Waals surface area contributed by atoms with Crippen LogP contribution in [-0.2, 0) is 11.2 Å². The molecule has 0 bridgehead atoms. The second kappa shape index (κ2) is 12.0. The summed E-state index contributed by atoms with van der Waals surface area (Å²) in [6, 6.07) is 14.6. The summed E-state index contributed by atoms with van der Waals surface area (Å²) >= 11 is 4.86. The molecule has 3 aromatic rings. The molecule has 1 aromatic heterocycles. The number of carbonyl (C=O) groups excluding carboxylic acids is 2. The van der Waals surface area contributed by atoms with E-state index in [9.17, 15) is 9.59 Å². The fraction of sp³-hybridized carbons (Fsp3) is 0.280. The number of halogens is 1. The predicted molar refractivity (Wildman–Crippen MR) is 137 cm³/mol. The molecule has 0 saturated carbocycles. The summed E-state index contributed by atoms with van der Waals surface area (Å²) in [5, 5.41) is 6.34. The van der Waals surface area contributed by atoms with Gasteiger partial charge >= 0.3 is 0 Å². The van der Waals surface area contributed by atoms with Gasteiger partial charge in [-0.1, -0.05) is 55.1 Å². The topological polar surface area (TPSA) is 84.0 Å². The number of benzene rings is 2. The molecule has 3 rings (SSSR count). The van der Waals surface area contributed by atoms with Gasteiger partial charge < -0.3 is 10.6 Å². The van der Waals surface area contributed by atoms with E-state index >= 15 is 0 Å². The van der Waals surface area contributed by atoms with E-state index in [1.807, 2.05) is 62.4 Å². The molecule has 0 aliphatic carbocycles. The standard InChI is InChI=1S/C25H27BrN4O2S/c1-4-12-33-25-27-15-20(26)22(30-25)24(32)29-21(14-18-8-6-5-7-9-18)23(31)28-19-11-10-16(2)17(3)13-19/h5-11,13,15,21H,4,12,14H2,1-3H3,(H,28,31)(H,29,32). The van der Waals surface area contributed by atoms with Gasteiger partial charge in [-0.15, -0.1) is 0 Å². The Morgan fingerprint density at radius 3 is 2.55 bits per heavy atom. The van der Waals surface area contributed by atoms with Crippen LogP contribution in [0.3, 0.4) is 0 Å². The molecule has 2 N–H and O–H groups in total. The Balaban J connectivity index is 1.82. The van der Waals surface area contributed by atoms with Gasteiger partial charge in [-0.05, 0) is 65.0 Å². The lowest BCUT2D eigenvalue weighted by Crippen LogP contribution is -2.45. The minimum absolute atomic E-state index is 0.209.